The molecule has 0 aromatic heterocycles. The summed E-state index contributed by atoms with van der Waals surface area (Å²) in [5, 5.41) is 5.41. The van der Waals surface area contributed by atoms with Gasteiger partial charge in [-0.1, -0.05) is 30.3 Å². The Morgan fingerprint density at radius 2 is 1.16 bits per heavy atom. The molecule has 194 valence electrons. The van der Waals surface area contributed by atoms with Gasteiger partial charge < -0.3 is 5.32 Å². The van der Waals surface area contributed by atoms with E-state index in [0.29, 0.717) is 0 Å². The molecule has 1 N–H and O–H groups in total. The fourth-order valence-corrected chi connectivity index (χ4v) is 3.99. The van der Waals surface area contributed by atoms with Crippen LogP contribution in [0.4, 0.5) is 5.69 Å². The molecular formula is C41H21N2+. The number of nitrogens with one attached hydrogen (secondary N) is 1. The molecule has 2 heteroatoms. The lowest BCUT2D eigenvalue weighted by atomic mass is 9.79. The molecule has 1 aliphatic rings. The number of hydrogen-bond acceptors (Lipinski definition) is 1. The van der Waals surface area contributed by atoms with Gasteiger partial charge in [-0.05, 0) is 90.3 Å². The van der Waals surface area contributed by atoms with Crippen molar-refractivity contribution >= 4 is 22.2 Å². The predicted octanol–water partition coefficient (Wildman–Crippen LogP) is 4.13. The van der Waals surface area contributed by atoms with E-state index in [1.54, 1.807) is 0 Å². The zero-order valence-corrected chi connectivity index (χ0v) is 23.8. The molecule has 0 saturated heterocycles. The van der Waals surface area contributed by atoms with Crippen LogP contribution in [0.25, 0.3) is 10.8 Å². The summed E-state index contributed by atoms with van der Waals surface area (Å²) in [4.78, 5) is 0. The SMILES string of the molecule is C#CC#CC#CC#CC#CC#CC#CC#CC#CC#CC#C[N+]1=C(/C=C/C=C/NC)C(C)(C)c2c1ccc1ccccc21. The number of fused-ring (bicyclic) bond motifs is 3. The molecule has 2 nitrogen and oxygen atoms in total. The highest BCUT2D eigenvalue weighted by Gasteiger charge is 2.45. The molecule has 0 spiro atoms. The van der Waals surface area contributed by atoms with Crippen LogP contribution >= 0.6 is 0 Å². The Morgan fingerprint density at radius 3 is 1.70 bits per heavy atom. The second kappa shape index (κ2) is 16.7. The van der Waals surface area contributed by atoms with Gasteiger partial charge in [-0.3, -0.25) is 0 Å². The maximum absolute atomic E-state index is 4.97. The fourth-order valence-electron chi connectivity index (χ4n) is 3.99. The number of rotatable bonds is 3. The zero-order chi connectivity index (χ0) is 30.6. The van der Waals surface area contributed by atoms with Crippen molar-refractivity contribution in [1.82, 2.24) is 5.32 Å². The minimum Gasteiger partial charge on any atom is -0.394 e. The van der Waals surface area contributed by atoms with Crippen LogP contribution in [0, 0.1) is 131 Å². The molecule has 0 radical (unpaired) electrons. The van der Waals surface area contributed by atoms with Gasteiger partial charge in [0, 0.05) is 89.9 Å². The van der Waals surface area contributed by atoms with Crippen LogP contribution in [-0.4, -0.2) is 17.3 Å². The van der Waals surface area contributed by atoms with Crippen LogP contribution in [0.15, 0.2) is 60.8 Å². The second-order valence-corrected chi connectivity index (χ2v) is 8.66. The Kier molecular flexibility index (Phi) is 11.8. The predicted molar refractivity (Wildman–Crippen MR) is 176 cm³/mol. The molecule has 0 aliphatic carbocycles. The lowest BCUT2D eigenvalue weighted by Crippen LogP contribution is -2.26. The molecule has 0 amide bonds. The summed E-state index contributed by atoms with van der Waals surface area (Å²) in [7, 11) is 1.86. The normalized spacial score (nSPS) is 10.6. The largest absolute Gasteiger partial charge is 0.394 e. The van der Waals surface area contributed by atoms with Gasteiger partial charge in [0.15, 0.2) is 0 Å². The summed E-state index contributed by atoms with van der Waals surface area (Å²) < 4.78 is 2.01. The highest BCUT2D eigenvalue weighted by molar-refractivity contribution is 6.08. The minimum absolute atomic E-state index is 0.266. The third-order valence-electron chi connectivity index (χ3n) is 5.65. The Bertz CT molecular complexity index is 2250. The Labute approximate surface area is 255 Å². The first-order valence-electron chi connectivity index (χ1n) is 12.8. The smallest absolute Gasteiger partial charge is 0.243 e. The fraction of sp³-hybridized carbons (Fsp3) is 0.0976. The van der Waals surface area contributed by atoms with Gasteiger partial charge in [0.2, 0.25) is 17.4 Å². The summed E-state index contributed by atoms with van der Waals surface area (Å²) in [5.41, 5.74) is 3.07. The van der Waals surface area contributed by atoms with E-state index in [4.69, 9.17) is 6.42 Å². The Balaban J connectivity index is 1.74. The van der Waals surface area contributed by atoms with Gasteiger partial charge in [-0.25, -0.2) is 0 Å². The van der Waals surface area contributed by atoms with E-state index in [1.165, 1.54) is 16.3 Å². The van der Waals surface area contributed by atoms with Crippen molar-refractivity contribution in [2.45, 2.75) is 19.3 Å². The standard InChI is InChI=1S/C41H20N2/c1-5-6-7-8-9-10-11-12-13-14-15-16-17-18-19-20-21-22-23-28-35-43-38-33-32-36-29-24-25-30-37(36)40(38)41(2,3)39(43)31-26-27-34-42-4/h1,24-27,29-34H,2-4H3/p+1. The van der Waals surface area contributed by atoms with E-state index in [-0.39, 0.29) is 5.41 Å². The average Bonchev–Trinajstić information content (AvgIpc) is 3.23. The van der Waals surface area contributed by atoms with Gasteiger partial charge in [-0.15, -0.1) is 11.0 Å². The molecule has 0 atom stereocenters. The summed E-state index contributed by atoms with van der Waals surface area (Å²) in [5.74, 6) is 51.1. The van der Waals surface area contributed by atoms with Gasteiger partial charge >= 0.3 is 0 Å². The molecule has 2 aromatic carbocycles. The molecule has 1 heterocycles. The van der Waals surface area contributed by atoms with E-state index in [0.717, 1.165) is 11.4 Å². The summed E-state index contributed by atoms with van der Waals surface area (Å²) in [6.45, 7) is 4.43. The first-order valence-corrected chi connectivity index (χ1v) is 12.8. The number of hydrogen-bond donors (Lipinski definition) is 1. The maximum atomic E-state index is 4.97. The van der Waals surface area contributed by atoms with Crippen molar-refractivity contribution in [3.63, 3.8) is 0 Å². The van der Waals surface area contributed by atoms with Crippen LogP contribution in [0.1, 0.15) is 19.4 Å². The second-order valence-electron chi connectivity index (χ2n) is 8.66. The number of nitrogens with zero attached hydrogens (tertiary/aromatic N) is 1. The van der Waals surface area contributed by atoms with Crippen molar-refractivity contribution in [1.29, 1.82) is 0 Å². The molecule has 43 heavy (non-hydrogen) atoms. The third-order valence-corrected chi connectivity index (χ3v) is 5.65. The van der Waals surface area contributed by atoms with Gasteiger partial charge in [0.25, 0.3) is 0 Å². The first kappa shape index (κ1) is 30.4. The van der Waals surface area contributed by atoms with E-state index in [1.807, 2.05) is 30.0 Å². The molecule has 0 unspecified atom stereocenters. The molecule has 3 rings (SSSR count). The molecular weight excluding hydrogens is 520 g/mol. The molecule has 0 saturated carbocycles. The minimum atomic E-state index is -0.266. The summed E-state index contributed by atoms with van der Waals surface area (Å²) in [6, 6.07) is 15.9. The number of allylic oxidation sites excluding steroid dienone is 3. The van der Waals surface area contributed by atoms with E-state index in [9.17, 15) is 0 Å². The van der Waals surface area contributed by atoms with Gasteiger partial charge in [0.05, 0.1) is 11.3 Å². The highest BCUT2D eigenvalue weighted by Crippen LogP contribution is 2.43. The monoisotopic (exact) mass is 541 g/mol. The summed E-state index contributed by atoms with van der Waals surface area (Å²) in [6.07, 6.45) is 12.9. The van der Waals surface area contributed by atoms with Crippen molar-refractivity contribution in [3.05, 3.63) is 66.4 Å². The van der Waals surface area contributed by atoms with Gasteiger partial charge in [-0.2, -0.15) is 0 Å². The molecule has 2 aromatic rings. The lowest BCUT2D eigenvalue weighted by molar-refractivity contribution is -0.332. The first-order chi connectivity index (χ1) is 21.1. The van der Waals surface area contributed by atoms with Crippen molar-refractivity contribution in [2.75, 3.05) is 7.05 Å². The van der Waals surface area contributed by atoms with Crippen molar-refractivity contribution in [2.24, 2.45) is 0 Å². The van der Waals surface area contributed by atoms with Gasteiger partial charge in [0.1, 0.15) is 0 Å². The molecule has 1 aliphatic heterocycles. The molecule has 0 bridgehead atoms. The average molecular weight is 542 g/mol. The van der Waals surface area contributed by atoms with Crippen molar-refractivity contribution < 1.29 is 4.58 Å². The van der Waals surface area contributed by atoms with Crippen LogP contribution in [0.3, 0.4) is 0 Å². The third kappa shape index (κ3) is 8.92. The topological polar surface area (TPSA) is 15.0 Å². The van der Waals surface area contributed by atoms with E-state index < -0.39 is 0 Å². The van der Waals surface area contributed by atoms with Crippen LogP contribution in [0.2, 0.25) is 0 Å². The van der Waals surface area contributed by atoms with E-state index >= 15 is 0 Å². The van der Waals surface area contributed by atoms with Crippen LogP contribution in [0.5, 0.6) is 0 Å². The lowest BCUT2D eigenvalue weighted by Gasteiger charge is -2.17. The highest BCUT2D eigenvalue weighted by atomic mass is 15.0. The van der Waals surface area contributed by atoms with Crippen LogP contribution in [-0.2, 0) is 5.41 Å². The van der Waals surface area contributed by atoms with Crippen molar-refractivity contribution in [3.8, 4) is 131 Å². The number of benzene rings is 2. The Morgan fingerprint density at radius 1 is 0.651 bits per heavy atom. The quantitative estimate of drug-likeness (QED) is 0.351. The maximum Gasteiger partial charge on any atom is 0.243 e. The van der Waals surface area contributed by atoms with Crippen LogP contribution < -0.4 is 5.32 Å². The number of terminal acetylenes is 1. The zero-order valence-electron chi connectivity index (χ0n) is 23.8. The molecule has 0 fully saturated rings. The summed E-state index contributed by atoms with van der Waals surface area (Å²) >= 11 is 0. The van der Waals surface area contributed by atoms with E-state index in [2.05, 4.69) is 186 Å². The Hall–Kier alpha value is -7.19.